The number of carboxylic acid groups (broad SMARTS) is 1. The van der Waals surface area contributed by atoms with E-state index in [4.69, 9.17) is 5.11 Å². The van der Waals surface area contributed by atoms with Crippen molar-refractivity contribution in [3.05, 3.63) is 0 Å². The van der Waals surface area contributed by atoms with Gasteiger partial charge in [-0.15, -0.1) is 0 Å². The van der Waals surface area contributed by atoms with Gasteiger partial charge in [-0.05, 0) is 6.92 Å². The molecule has 0 aromatic rings. The van der Waals surface area contributed by atoms with Crippen molar-refractivity contribution in [1.29, 1.82) is 0 Å². The van der Waals surface area contributed by atoms with E-state index in [9.17, 15) is 19.2 Å². The number of nitrogens with one attached hydrogen (secondary N) is 2. The molecule has 1 fully saturated rings. The van der Waals surface area contributed by atoms with Crippen LogP contribution >= 0.6 is 0 Å². The van der Waals surface area contributed by atoms with Crippen LogP contribution in [-0.2, 0) is 19.1 Å². The number of methoxy groups -OCH3 is 1. The highest BCUT2D eigenvalue weighted by molar-refractivity contribution is 5.90. The molecule has 1 rings (SSSR count). The molecule has 0 aromatic carbocycles. The molecule has 112 valence electrons. The summed E-state index contributed by atoms with van der Waals surface area (Å²) in [6, 6.07) is -2.80. The number of aliphatic carboxylic acids is 1. The van der Waals surface area contributed by atoms with Crippen LogP contribution in [0.4, 0.5) is 4.79 Å². The van der Waals surface area contributed by atoms with Gasteiger partial charge in [0, 0.05) is 13.1 Å². The third-order valence-corrected chi connectivity index (χ3v) is 2.95. The van der Waals surface area contributed by atoms with E-state index in [0.717, 1.165) is 7.11 Å². The number of ether oxygens (including phenoxy) is 1. The lowest BCUT2D eigenvalue weighted by molar-refractivity contribution is -0.147. The summed E-state index contributed by atoms with van der Waals surface area (Å²) < 4.78 is 4.36. The molecule has 0 aromatic heterocycles. The largest absolute Gasteiger partial charge is 0.480 e. The number of carbonyl (C=O) groups excluding carboxylic acids is 3. The number of piperazine rings is 1. The van der Waals surface area contributed by atoms with Crippen molar-refractivity contribution < 1.29 is 29.0 Å². The number of rotatable bonds is 4. The van der Waals surface area contributed by atoms with E-state index in [1.54, 1.807) is 0 Å². The van der Waals surface area contributed by atoms with E-state index >= 15 is 0 Å². The van der Waals surface area contributed by atoms with Crippen molar-refractivity contribution in [2.45, 2.75) is 25.4 Å². The minimum atomic E-state index is -1.40. The van der Waals surface area contributed by atoms with Gasteiger partial charge in [0.2, 0.25) is 5.91 Å². The third kappa shape index (κ3) is 3.84. The number of carboxylic acids is 1. The molecule has 0 bridgehead atoms. The molecular formula is C11H17N3O6. The van der Waals surface area contributed by atoms with Gasteiger partial charge in [0.05, 0.1) is 13.5 Å². The first-order chi connectivity index (χ1) is 9.36. The van der Waals surface area contributed by atoms with Crippen LogP contribution in [0, 0.1) is 0 Å². The van der Waals surface area contributed by atoms with Crippen LogP contribution in [0.3, 0.4) is 0 Å². The quantitative estimate of drug-likeness (QED) is 0.542. The van der Waals surface area contributed by atoms with Gasteiger partial charge in [0.25, 0.3) is 0 Å². The average molecular weight is 287 g/mol. The van der Waals surface area contributed by atoms with Gasteiger partial charge in [-0.1, -0.05) is 0 Å². The predicted molar refractivity (Wildman–Crippen MR) is 65.8 cm³/mol. The molecule has 0 radical (unpaired) electrons. The number of hydrogen-bond acceptors (Lipinski definition) is 5. The van der Waals surface area contributed by atoms with Crippen LogP contribution in [-0.4, -0.2) is 66.2 Å². The Bertz CT molecular complexity index is 424. The second kappa shape index (κ2) is 6.73. The zero-order valence-electron chi connectivity index (χ0n) is 11.2. The fourth-order valence-electron chi connectivity index (χ4n) is 1.74. The number of urea groups is 1. The van der Waals surface area contributed by atoms with Crippen molar-refractivity contribution in [2.75, 3.05) is 20.2 Å². The van der Waals surface area contributed by atoms with Gasteiger partial charge in [0.15, 0.2) is 0 Å². The van der Waals surface area contributed by atoms with Crippen LogP contribution in [0.1, 0.15) is 13.3 Å². The van der Waals surface area contributed by atoms with E-state index in [-0.39, 0.29) is 12.5 Å². The van der Waals surface area contributed by atoms with Gasteiger partial charge in [0.1, 0.15) is 12.1 Å². The number of hydrogen-bond donors (Lipinski definition) is 3. The van der Waals surface area contributed by atoms with Gasteiger partial charge >= 0.3 is 18.0 Å². The SMILES string of the molecule is COC(=O)C[C@H](NC(=O)N1CCNC(=O)C1C)C(=O)O. The molecule has 1 aliphatic rings. The molecule has 3 amide bonds. The van der Waals surface area contributed by atoms with Gasteiger partial charge in [-0.3, -0.25) is 9.59 Å². The molecule has 9 nitrogen and oxygen atoms in total. The van der Waals surface area contributed by atoms with Crippen LogP contribution in [0.15, 0.2) is 0 Å². The van der Waals surface area contributed by atoms with Crippen molar-refractivity contribution in [3.8, 4) is 0 Å². The first kappa shape index (κ1) is 15.7. The number of nitrogens with zero attached hydrogens (tertiary/aromatic N) is 1. The normalized spacial score (nSPS) is 19.8. The van der Waals surface area contributed by atoms with Gasteiger partial charge in [-0.25, -0.2) is 9.59 Å². The Morgan fingerprint density at radius 3 is 2.75 bits per heavy atom. The fraction of sp³-hybridized carbons (Fsp3) is 0.636. The number of carbonyl (C=O) groups is 4. The summed E-state index contributed by atoms with van der Waals surface area (Å²) in [7, 11) is 1.13. The Kier molecular flexibility index (Phi) is 5.30. The van der Waals surface area contributed by atoms with E-state index in [1.807, 2.05) is 0 Å². The molecule has 2 atom stereocenters. The number of amides is 3. The zero-order valence-corrected chi connectivity index (χ0v) is 11.2. The van der Waals surface area contributed by atoms with Crippen molar-refractivity contribution in [1.82, 2.24) is 15.5 Å². The summed E-state index contributed by atoms with van der Waals surface area (Å²) >= 11 is 0. The van der Waals surface area contributed by atoms with Crippen LogP contribution in [0.2, 0.25) is 0 Å². The maximum absolute atomic E-state index is 12.0. The van der Waals surface area contributed by atoms with Crippen LogP contribution in [0.5, 0.6) is 0 Å². The van der Waals surface area contributed by atoms with Crippen molar-refractivity contribution in [3.63, 3.8) is 0 Å². The zero-order chi connectivity index (χ0) is 15.3. The van der Waals surface area contributed by atoms with Gasteiger partial charge in [-0.2, -0.15) is 0 Å². The summed E-state index contributed by atoms with van der Waals surface area (Å²) in [5.41, 5.74) is 0. The summed E-state index contributed by atoms with van der Waals surface area (Å²) in [5.74, 6) is -2.41. The minimum absolute atomic E-state index is 0.267. The molecule has 1 aliphatic heterocycles. The van der Waals surface area contributed by atoms with E-state index < -0.39 is 36.5 Å². The highest BCUT2D eigenvalue weighted by Gasteiger charge is 2.32. The monoisotopic (exact) mass is 287 g/mol. The Morgan fingerprint density at radius 2 is 2.20 bits per heavy atom. The van der Waals surface area contributed by atoms with Gasteiger partial charge < -0.3 is 25.4 Å². The average Bonchev–Trinajstić information content (AvgIpc) is 2.40. The van der Waals surface area contributed by atoms with E-state index in [2.05, 4.69) is 15.4 Å². The predicted octanol–water partition coefficient (Wildman–Crippen LogP) is -1.47. The smallest absolute Gasteiger partial charge is 0.326 e. The molecule has 3 N–H and O–H groups in total. The third-order valence-electron chi connectivity index (χ3n) is 2.95. The lowest BCUT2D eigenvalue weighted by Crippen LogP contribution is -2.60. The van der Waals surface area contributed by atoms with Crippen LogP contribution < -0.4 is 10.6 Å². The first-order valence-corrected chi connectivity index (χ1v) is 6.01. The highest BCUT2D eigenvalue weighted by atomic mass is 16.5. The standard InChI is InChI=1S/C11H17N3O6/c1-6-9(16)12-3-4-14(6)11(19)13-7(10(17)18)5-8(15)20-2/h6-7H,3-5H2,1-2H3,(H,12,16)(H,13,19)(H,17,18)/t6?,7-/m0/s1. The molecule has 0 spiro atoms. The molecular weight excluding hydrogens is 270 g/mol. The second-order valence-electron chi connectivity index (χ2n) is 4.28. The molecule has 1 saturated heterocycles. The Morgan fingerprint density at radius 1 is 1.55 bits per heavy atom. The lowest BCUT2D eigenvalue weighted by Gasteiger charge is -2.33. The minimum Gasteiger partial charge on any atom is -0.480 e. The lowest BCUT2D eigenvalue weighted by atomic mass is 10.2. The molecule has 20 heavy (non-hydrogen) atoms. The highest BCUT2D eigenvalue weighted by Crippen LogP contribution is 2.05. The summed E-state index contributed by atoms with van der Waals surface area (Å²) in [5, 5.41) is 13.8. The Balaban J connectivity index is 2.68. The second-order valence-corrected chi connectivity index (χ2v) is 4.28. The molecule has 1 unspecified atom stereocenters. The van der Waals surface area contributed by atoms with Crippen molar-refractivity contribution in [2.24, 2.45) is 0 Å². The summed E-state index contributed by atoms with van der Waals surface area (Å²) in [6.45, 7) is 2.10. The summed E-state index contributed by atoms with van der Waals surface area (Å²) in [6.07, 6.45) is -0.480. The Labute approximate surface area is 115 Å². The molecule has 1 heterocycles. The molecule has 0 aliphatic carbocycles. The van der Waals surface area contributed by atoms with Crippen molar-refractivity contribution >= 4 is 23.9 Å². The molecule has 9 heteroatoms. The maximum Gasteiger partial charge on any atom is 0.326 e. The summed E-state index contributed by atoms with van der Waals surface area (Å²) in [4.78, 5) is 46.7. The Hall–Kier alpha value is -2.32. The number of esters is 1. The van der Waals surface area contributed by atoms with E-state index in [1.165, 1.54) is 11.8 Å². The van der Waals surface area contributed by atoms with Crippen LogP contribution in [0.25, 0.3) is 0 Å². The first-order valence-electron chi connectivity index (χ1n) is 6.01. The molecule has 0 saturated carbocycles. The fourth-order valence-corrected chi connectivity index (χ4v) is 1.74. The van der Waals surface area contributed by atoms with E-state index in [0.29, 0.717) is 6.54 Å². The maximum atomic E-state index is 12.0. The topological polar surface area (TPSA) is 125 Å².